The number of hydrogen-bond acceptors (Lipinski definition) is 5. The van der Waals surface area contributed by atoms with Crippen LogP contribution in [0.3, 0.4) is 0 Å². The third kappa shape index (κ3) is 6.70. The minimum Gasteiger partial charge on any atom is -0.478 e. The van der Waals surface area contributed by atoms with Gasteiger partial charge in [-0.2, -0.15) is 8.78 Å². The second-order valence-electron chi connectivity index (χ2n) is 10.2. The number of nitrogens with zero attached hydrogens (tertiary/aromatic N) is 2. The van der Waals surface area contributed by atoms with Crippen LogP contribution < -0.4 is 9.47 Å². The van der Waals surface area contributed by atoms with Gasteiger partial charge in [-0.05, 0) is 90.3 Å². The number of allylic oxidation sites excluding steroid dienone is 1. The van der Waals surface area contributed by atoms with E-state index in [1.54, 1.807) is 30.5 Å². The molecule has 3 aromatic rings. The first-order valence-electron chi connectivity index (χ1n) is 13.6. The van der Waals surface area contributed by atoms with E-state index < -0.39 is 24.1 Å². The zero-order valence-corrected chi connectivity index (χ0v) is 22.3. The quantitative estimate of drug-likeness (QED) is 0.276. The normalized spacial score (nSPS) is 17.4. The van der Waals surface area contributed by atoms with Crippen molar-refractivity contribution < 1.29 is 36.9 Å². The summed E-state index contributed by atoms with van der Waals surface area (Å²) >= 11 is 0. The zero-order valence-electron chi connectivity index (χ0n) is 22.3. The lowest BCUT2D eigenvalue weighted by atomic mass is 9.88. The van der Waals surface area contributed by atoms with E-state index in [-0.39, 0.29) is 18.3 Å². The van der Waals surface area contributed by atoms with Crippen LogP contribution in [0, 0.1) is 5.82 Å². The summed E-state index contributed by atoms with van der Waals surface area (Å²) < 4.78 is 63.1. The molecule has 1 aromatic heterocycles. The van der Waals surface area contributed by atoms with Gasteiger partial charge in [-0.15, -0.1) is 0 Å². The molecule has 41 heavy (non-hydrogen) atoms. The van der Waals surface area contributed by atoms with Gasteiger partial charge in [0.25, 0.3) is 0 Å². The highest BCUT2D eigenvalue weighted by Crippen LogP contribution is 2.41. The minimum atomic E-state index is -3.15. The molecule has 10 heteroatoms. The molecule has 0 amide bonds. The predicted molar refractivity (Wildman–Crippen MR) is 146 cm³/mol. The summed E-state index contributed by atoms with van der Waals surface area (Å²) in [6, 6.07) is 12.5. The molecule has 0 saturated carbocycles. The summed E-state index contributed by atoms with van der Waals surface area (Å²) in [5.74, 6) is -2.02. The van der Waals surface area contributed by atoms with Crippen LogP contribution in [0.2, 0.25) is 0 Å². The number of aromatic carboxylic acids is 1. The van der Waals surface area contributed by atoms with Crippen molar-refractivity contribution in [2.24, 2.45) is 0 Å². The summed E-state index contributed by atoms with van der Waals surface area (Å²) in [4.78, 5) is 18.4. The average Bonchev–Trinajstić information content (AvgIpc) is 3.31. The van der Waals surface area contributed by atoms with E-state index in [1.807, 2.05) is 6.07 Å². The lowest BCUT2D eigenvalue weighted by Gasteiger charge is -2.18. The van der Waals surface area contributed by atoms with E-state index in [0.29, 0.717) is 50.2 Å². The van der Waals surface area contributed by atoms with Crippen molar-refractivity contribution in [3.63, 3.8) is 0 Å². The van der Waals surface area contributed by atoms with E-state index in [0.717, 1.165) is 40.8 Å². The van der Waals surface area contributed by atoms with Gasteiger partial charge in [-0.25, -0.2) is 14.2 Å². The Morgan fingerprint density at radius 2 is 1.93 bits per heavy atom. The number of rotatable bonds is 10. The highest BCUT2D eigenvalue weighted by Gasteiger charge is 2.25. The molecule has 1 saturated heterocycles. The third-order valence-electron chi connectivity index (χ3n) is 7.44. The predicted octanol–water partition coefficient (Wildman–Crippen LogP) is 6.63. The number of carboxylic acid groups (broad SMARTS) is 1. The van der Waals surface area contributed by atoms with Gasteiger partial charge in [0, 0.05) is 37.5 Å². The zero-order chi connectivity index (χ0) is 28.9. The lowest BCUT2D eigenvalue weighted by Crippen LogP contribution is -2.26. The number of hydrogen-bond donors (Lipinski definition) is 1. The van der Waals surface area contributed by atoms with Gasteiger partial charge in [-0.1, -0.05) is 12.1 Å². The van der Waals surface area contributed by atoms with Crippen LogP contribution >= 0.6 is 0 Å². The Morgan fingerprint density at radius 3 is 2.63 bits per heavy atom. The van der Waals surface area contributed by atoms with Crippen LogP contribution in [-0.2, 0) is 6.42 Å². The molecule has 6 nitrogen and oxygen atoms in total. The second kappa shape index (κ2) is 12.7. The monoisotopic (exact) mass is 570 g/mol. The van der Waals surface area contributed by atoms with E-state index >= 15 is 0 Å². The Labute approximate surface area is 235 Å². The Hall–Kier alpha value is -3.92. The molecule has 2 aromatic carbocycles. The molecule has 216 valence electrons. The Bertz CT molecular complexity index is 1430. The van der Waals surface area contributed by atoms with Crippen molar-refractivity contribution in [2.75, 3.05) is 26.3 Å². The summed E-state index contributed by atoms with van der Waals surface area (Å²) in [6.07, 6.45) is 4.75. The molecule has 0 bridgehead atoms. The molecule has 2 aliphatic rings. The number of aryl methyl sites for hydroxylation is 1. The van der Waals surface area contributed by atoms with Gasteiger partial charge < -0.3 is 14.6 Å². The number of fused-ring (bicyclic) bond motifs is 1. The molecule has 0 radical (unpaired) electrons. The minimum absolute atomic E-state index is 0.0484. The Kier molecular flexibility index (Phi) is 8.87. The lowest BCUT2D eigenvalue weighted by molar-refractivity contribution is -0.0522. The van der Waals surface area contributed by atoms with E-state index in [9.17, 15) is 27.5 Å². The molecular weight excluding hydrogens is 540 g/mol. The molecule has 1 fully saturated rings. The maximum atomic E-state index is 14.8. The van der Waals surface area contributed by atoms with Crippen molar-refractivity contribution in [2.45, 2.75) is 44.8 Å². The largest absolute Gasteiger partial charge is 0.478 e. The number of alkyl halides is 3. The number of halogens is 4. The van der Waals surface area contributed by atoms with Crippen LogP contribution in [0.1, 0.15) is 58.3 Å². The maximum Gasteiger partial charge on any atom is 0.387 e. The number of aromatic nitrogens is 1. The number of carboxylic acids is 1. The summed E-state index contributed by atoms with van der Waals surface area (Å²) in [6.45, 7) is -1.25. The van der Waals surface area contributed by atoms with Crippen molar-refractivity contribution >= 4 is 17.1 Å². The fourth-order valence-electron chi connectivity index (χ4n) is 5.57. The third-order valence-corrected chi connectivity index (χ3v) is 7.44. The molecule has 1 unspecified atom stereocenters. The van der Waals surface area contributed by atoms with Gasteiger partial charge in [0.05, 0.1) is 12.2 Å². The molecule has 1 N–H and O–H groups in total. The fourth-order valence-corrected chi connectivity index (χ4v) is 5.57. The molecular formula is C31H30F4N2O4. The summed E-state index contributed by atoms with van der Waals surface area (Å²) in [5.41, 5.74) is 4.58. The standard InChI is InChI=1S/C31H30F4N2O4/c32-12-2-13-37-14-11-23(18-37)40-28-10-7-22(17-36-28)29-24(20-6-9-27(26(33)16-20)41-31(34)35)4-1-3-19-15-21(30(38)39)5-8-25(19)29/h5-10,15-17,23,31H,1-4,11-14,18H2,(H,38,39). The van der Waals surface area contributed by atoms with E-state index in [1.165, 1.54) is 18.2 Å². The highest BCUT2D eigenvalue weighted by atomic mass is 19.3. The molecule has 1 aliphatic heterocycles. The molecule has 5 rings (SSSR count). The maximum absolute atomic E-state index is 14.8. The highest BCUT2D eigenvalue weighted by molar-refractivity contribution is 6.00. The molecule has 2 heterocycles. The van der Waals surface area contributed by atoms with E-state index in [4.69, 9.17) is 4.74 Å². The number of likely N-dealkylation sites (tertiary alicyclic amines) is 1. The first-order chi connectivity index (χ1) is 19.8. The number of benzene rings is 2. The average molecular weight is 571 g/mol. The van der Waals surface area contributed by atoms with Crippen LogP contribution in [0.25, 0.3) is 11.1 Å². The Morgan fingerprint density at radius 1 is 1.10 bits per heavy atom. The van der Waals surface area contributed by atoms with E-state index in [2.05, 4.69) is 14.6 Å². The topological polar surface area (TPSA) is 71.9 Å². The SMILES string of the molecule is O=C(O)c1ccc2c(c1)CCCC(c1ccc(OC(F)F)c(F)c1)=C2c1ccc(OC2CCN(CCCF)C2)nc1. The van der Waals surface area contributed by atoms with Crippen LogP contribution in [-0.4, -0.2) is 60.0 Å². The smallest absolute Gasteiger partial charge is 0.387 e. The van der Waals surface area contributed by atoms with Crippen molar-refractivity contribution in [3.05, 3.63) is 88.4 Å². The summed E-state index contributed by atoms with van der Waals surface area (Å²) in [7, 11) is 0. The van der Waals surface area contributed by atoms with Gasteiger partial charge in [0.2, 0.25) is 5.88 Å². The van der Waals surface area contributed by atoms with Gasteiger partial charge >= 0.3 is 12.6 Å². The van der Waals surface area contributed by atoms with Crippen molar-refractivity contribution in [1.29, 1.82) is 0 Å². The van der Waals surface area contributed by atoms with Crippen LogP contribution in [0.15, 0.2) is 54.7 Å². The second-order valence-corrected chi connectivity index (χ2v) is 10.2. The van der Waals surface area contributed by atoms with Gasteiger partial charge in [0.1, 0.15) is 6.10 Å². The number of carbonyl (C=O) groups is 1. The molecule has 1 atom stereocenters. The number of ether oxygens (including phenoxy) is 2. The molecule has 0 spiro atoms. The fraction of sp³-hybridized carbons (Fsp3) is 0.355. The first-order valence-corrected chi connectivity index (χ1v) is 13.6. The Balaban J connectivity index is 1.51. The van der Waals surface area contributed by atoms with Crippen molar-refractivity contribution in [3.8, 4) is 11.6 Å². The number of pyridine rings is 1. The van der Waals surface area contributed by atoms with Gasteiger partial charge in [0.15, 0.2) is 11.6 Å². The van der Waals surface area contributed by atoms with Crippen molar-refractivity contribution in [1.82, 2.24) is 9.88 Å². The summed E-state index contributed by atoms with van der Waals surface area (Å²) in [5, 5.41) is 9.53. The van der Waals surface area contributed by atoms with Crippen LogP contribution in [0.4, 0.5) is 17.6 Å². The van der Waals surface area contributed by atoms with Gasteiger partial charge in [-0.3, -0.25) is 9.29 Å². The molecule has 1 aliphatic carbocycles. The van der Waals surface area contributed by atoms with Crippen LogP contribution in [0.5, 0.6) is 11.6 Å². The first kappa shape index (κ1) is 28.6.